The highest BCUT2D eigenvalue weighted by Crippen LogP contribution is 2.13. The first kappa shape index (κ1) is 28.5. The van der Waals surface area contributed by atoms with Crippen LogP contribution in [0.4, 0.5) is 0 Å². The Morgan fingerprint density at radius 1 is 0.704 bits per heavy atom. The van der Waals surface area contributed by atoms with Crippen molar-refractivity contribution in [2.24, 2.45) is 0 Å². The van der Waals surface area contributed by atoms with Crippen molar-refractivity contribution in [3.05, 3.63) is 0 Å². The minimum atomic E-state index is -4.24. The van der Waals surface area contributed by atoms with Crippen LogP contribution in [-0.4, -0.2) is 30.7 Å². The molecule has 0 aromatic carbocycles. The first-order chi connectivity index (χ1) is 12.8. The van der Waals surface area contributed by atoms with Crippen molar-refractivity contribution in [2.75, 3.05) is 6.61 Å². The number of carboxylic acids is 1. The molecule has 0 aliphatic heterocycles. The van der Waals surface area contributed by atoms with Gasteiger partial charge in [0.1, 0.15) is 0 Å². The fourth-order valence-corrected chi connectivity index (χ4v) is 3.14. The van der Waals surface area contributed by atoms with Gasteiger partial charge < -0.3 is 5.11 Å². The SMILES string of the molecule is CC(=O)O.CCCCCCCCCCCCCCCCCCOS(=O)(=O)O. The molecule has 27 heavy (non-hydrogen) atoms. The molecule has 0 atom stereocenters. The summed E-state index contributed by atoms with van der Waals surface area (Å²) in [6, 6.07) is 0. The molecule has 0 radical (unpaired) electrons. The van der Waals surface area contributed by atoms with Gasteiger partial charge in [0.25, 0.3) is 5.97 Å². The van der Waals surface area contributed by atoms with Crippen LogP contribution < -0.4 is 0 Å². The summed E-state index contributed by atoms with van der Waals surface area (Å²) in [5.74, 6) is -0.833. The highest BCUT2D eigenvalue weighted by Gasteiger charge is 2.02. The Bertz CT molecular complexity index is 405. The van der Waals surface area contributed by atoms with Crippen LogP contribution in [0.25, 0.3) is 0 Å². The largest absolute Gasteiger partial charge is 0.481 e. The molecule has 6 nitrogen and oxygen atoms in total. The zero-order valence-corrected chi connectivity index (χ0v) is 18.3. The minimum Gasteiger partial charge on any atom is -0.481 e. The molecule has 0 saturated carbocycles. The lowest BCUT2D eigenvalue weighted by Gasteiger charge is -2.03. The molecule has 0 aliphatic carbocycles. The molecule has 7 heteroatoms. The van der Waals surface area contributed by atoms with E-state index in [0.29, 0.717) is 6.42 Å². The molecule has 0 fully saturated rings. The Morgan fingerprint density at radius 2 is 0.963 bits per heavy atom. The number of unbranched alkanes of at least 4 members (excludes halogenated alkanes) is 15. The van der Waals surface area contributed by atoms with Gasteiger partial charge in [-0.2, -0.15) is 8.42 Å². The predicted molar refractivity (Wildman–Crippen MR) is 110 cm³/mol. The molecular formula is C20H42O6S. The highest BCUT2D eigenvalue weighted by atomic mass is 32.3. The van der Waals surface area contributed by atoms with Gasteiger partial charge in [-0.1, -0.05) is 103 Å². The first-order valence-corrected chi connectivity index (χ1v) is 12.0. The fraction of sp³-hybridized carbons (Fsp3) is 0.950. The summed E-state index contributed by atoms with van der Waals surface area (Å²) in [5.41, 5.74) is 0. The third-order valence-electron chi connectivity index (χ3n) is 4.23. The van der Waals surface area contributed by atoms with E-state index in [1.807, 2.05) is 0 Å². The van der Waals surface area contributed by atoms with Crippen molar-refractivity contribution in [3.8, 4) is 0 Å². The molecule has 0 aromatic rings. The molecule has 0 aliphatic rings. The van der Waals surface area contributed by atoms with E-state index in [4.69, 9.17) is 14.5 Å². The zero-order valence-electron chi connectivity index (χ0n) is 17.5. The molecule has 0 saturated heterocycles. The van der Waals surface area contributed by atoms with E-state index in [2.05, 4.69) is 11.1 Å². The number of hydrogen-bond donors (Lipinski definition) is 2. The van der Waals surface area contributed by atoms with Crippen LogP contribution >= 0.6 is 0 Å². The van der Waals surface area contributed by atoms with E-state index in [-0.39, 0.29) is 6.61 Å². The van der Waals surface area contributed by atoms with Crippen molar-refractivity contribution in [2.45, 2.75) is 117 Å². The molecule has 0 bridgehead atoms. The number of carboxylic acid groups (broad SMARTS) is 1. The Labute approximate surface area is 167 Å². The van der Waals surface area contributed by atoms with Gasteiger partial charge in [-0.25, -0.2) is 4.18 Å². The van der Waals surface area contributed by atoms with Gasteiger partial charge in [-0.3, -0.25) is 9.35 Å². The monoisotopic (exact) mass is 410 g/mol. The Kier molecular flexibility index (Phi) is 22.9. The summed E-state index contributed by atoms with van der Waals surface area (Å²) in [7, 11) is -4.24. The first-order valence-electron chi connectivity index (χ1n) is 10.6. The van der Waals surface area contributed by atoms with Gasteiger partial charge in [-0.05, 0) is 6.42 Å². The lowest BCUT2D eigenvalue weighted by atomic mass is 10.0. The lowest BCUT2D eigenvalue weighted by molar-refractivity contribution is -0.134. The zero-order chi connectivity index (χ0) is 20.8. The molecular weight excluding hydrogens is 368 g/mol. The van der Waals surface area contributed by atoms with Crippen molar-refractivity contribution in [1.29, 1.82) is 0 Å². The van der Waals surface area contributed by atoms with Crippen LogP contribution in [0.1, 0.15) is 117 Å². The maximum Gasteiger partial charge on any atom is 0.397 e. The second-order valence-electron chi connectivity index (χ2n) is 7.07. The average molecular weight is 411 g/mol. The Hall–Kier alpha value is -0.660. The highest BCUT2D eigenvalue weighted by molar-refractivity contribution is 7.80. The predicted octanol–water partition coefficient (Wildman–Crippen LogP) is 6.16. The Balaban J connectivity index is 0. The topological polar surface area (TPSA) is 101 Å². The van der Waals surface area contributed by atoms with Crippen molar-refractivity contribution < 1.29 is 27.1 Å². The van der Waals surface area contributed by atoms with Gasteiger partial charge in [0, 0.05) is 6.92 Å². The van der Waals surface area contributed by atoms with Crippen LogP contribution in [0, 0.1) is 0 Å². The summed E-state index contributed by atoms with van der Waals surface area (Å²) < 4.78 is 33.3. The van der Waals surface area contributed by atoms with Crippen LogP contribution in [0.2, 0.25) is 0 Å². The van der Waals surface area contributed by atoms with Crippen LogP contribution in [0.15, 0.2) is 0 Å². The van der Waals surface area contributed by atoms with Gasteiger partial charge in [0.05, 0.1) is 6.61 Å². The van der Waals surface area contributed by atoms with Gasteiger partial charge in [-0.15, -0.1) is 0 Å². The summed E-state index contributed by atoms with van der Waals surface area (Å²) in [4.78, 5) is 9.00. The number of carbonyl (C=O) groups is 1. The maximum absolute atomic E-state index is 10.3. The molecule has 0 aromatic heterocycles. The standard InChI is InChI=1S/C18H38O4S.C2H4O2/c1-2-3-4-5-6-7-8-9-10-11-12-13-14-15-16-17-18-22-23(19,20)21;1-2(3)4/h2-18H2,1H3,(H,19,20,21);1H3,(H,3,4). The van der Waals surface area contributed by atoms with Crippen molar-refractivity contribution >= 4 is 16.4 Å². The third kappa shape index (κ3) is 36.9. The number of aliphatic carboxylic acids is 1. The normalized spacial score (nSPS) is 11.1. The molecule has 2 N–H and O–H groups in total. The minimum absolute atomic E-state index is 0.0945. The fourth-order valence-electron chi connectivity index (χ4n) is 2.81. The second-order valence-corrected chi connectivity index (χ2v) is 8.16. The van der Waals surface area contributed by atoms with E-state index in [1.165, 1.54) is 83.5 Å². The number of rotatable bonds is 18. The van der Waals surface area contributed by atoms with E-state index in [0.717, 1.165) is 19.8 Å². The number of hydrogen-bond acceptors (Lipinski definition) is 4. The summed E-state index contributed by atoms with van der Waals surface area (Å²) in [6.45, 7) is 3.44. The molecule has 0 unspecified atom stereocenters. The van der Waals surface area contributed by atoms with Gasteiger partial charge in [0.2, 0.25) is 0 Å². The third-order valence-corrected chi connectivity index (χ3v) is 4.69. The van der Waals surface area contributed by atoms with E-state index >= 15 is 0 Å². The summed E-state index contributed by atoms with van der Waals surface area (Å²) in [6.07, 6.45) is 20.5. The molecule has 0 heterocycles. The average Bonchev–Trinajstić information content (AvgIpc) is 2.56. The molecule has 0 spiro atoms. The second kappa shape index (κ2) is 21.6. The van der Waals surface area contributed by atoms with Crippen molar-refractivity contribution in [3.63, 3.8) is 0 Å². The maximum atomic E-state index is 10.3. The smallest absolute Gasteiger partial charge is 0.397 e. The summed E-state index contributed by atoms with van der Waals surface area (Å²) >= 11 is 0. The van der Waals surface area contributed by atoms with E-state index < -0.39 is 16.4 Å². The van der Waals surface area contributed by atoms with Crippen LogP contribution in [0.5, 0.6) is 0 Å². The van der Waals surface area contributed by atoms with Gasteiger partial charge >= 0.3 is 10.4 Å². The van der Waals surface area contributed by atoms with Crippen molar-refractivity contribution in [1.82, 2.24) is 0 Å². The quantitative estimate of drug-likeness (QED) is 0.207. The van der Waals surface area contributed by atoms with E-state index in [9.17, 15) is 8.42 Å². The van der Waals surface area contributed by atoms with E-state index in [1.54, 1.807) is 0 Å². The molecule has 164 valence electrons. The van der Waals surface area contributed by atoms with Gasteiger partial charge in [0.15, 0.2) is 0 Å². The van der Waals surface area contributed by atoms with Crippen LogP contribution in [-0.2, 0) is 19.4 Å². The summed E-state index contributed by atoms with van der Waals surface area (Å²) in [5, 5.41) is 7.42. The lowest BCUT2D eigenvalue weighted by Crippen LogP contribution is -2.04. The molecule has 0 amide bonds. The Morgan fingerprint density at radius 3 is 1.22 bits per heavy atom. The molecule has 0 rings (SSSR count). The van der Waals surface area contributed by atoms with Crippen LogP contribution in [0.3, 0.4) is 0 Å².